The van der Waals surface area contributed by atoms with Crippen LogP contribution >= 0.6 is 11.8 Å². The Bertz CT molecular complexity index is 1020. The molecule has 0 bridgehead atoms. The van der Waals surface area contributed by atoms with Crippen molar-refractivity contribution in [1.82, 2.24) is 14.8 Å². The molecule has 6 nitrogen and oxygen atoms in total. The molecule has 0 aliphatic rings. The van der Waals surface area contributed by atoms with Crippen LogP contribution in [0.3, 0.4) is 0 Å². The van der Waals surface area contributed by atoms with Crippen molar-refractivity contribution in [3.8, 4) is 17.1 Å². The van der Waals surface area contributed by atoms with Gasteiger partial charge in [0.25, 0.3) is 0 Å². The number of hydrogen-bond acceptors (Lipinski definition) is 5. The average Bonchev–Trinajstić information content (AvgIpc) is 3.14. The van der Waals surface area contributed by atoms with Crippen molar-refractivity contribution in [3.63, 3.8) is 0 Å². The largest absolute Gasteiger partial charge is 0.496 e. The number of anilines is 1. The molecule has 3 rings (SSSR count). The third-order valence-electron chi connectivity index (χ3n) is 4.72. The van der Waals surface area contributed by atoms with Crippen molar-refractivity contribution < 1.29 is 9.53 Å². The van der Waals surface area contributed by atoms with Crippen LogP contribution in [0.2, 0.25) is 0 Å². The first kappa shape index (κ1) is 21.9. The second-order valence-electron chi connectivity index (χ2n) is 7.88. The van der Waals surface area contributed by atoms with E-state index in [1.807, 2.05) is 54.0 Å². The molecule has 1 aromatic heterocycles. The number of rotatable bonds is 7. The van der Waals surface area contributed by atoms with Gasteiger partial charge in [0.2, 0.25) is 5.91 Å². The Hall–Kier alpha value is -2.80. The monoisotopic (exact) mass is 424 g/mol. The first-order chi connectivity index (χ1) is 14.3. The molecule has 2 aromatic carbocycles. The highest BCUT2D eigenvalue weighted by Gasteiger charge is 2.20. The summed E-state index contributed by atoms with van der Waals surface area (Å²) in [5.41, 5.74) is 2.79. The van der Waals surface area contributed by atoms with Gasteiger partial charge in [-0.1, -0.05) is 62.9 Å². The smallest absolute Gasteiger partial charge is 0.234 e. The van der Waals surface area contributed by atoms with Crippen molar-refractivity contribution in [3.05, 3.63) is 54.1 Å². The zero-order chi connectivity index (χ0) is 21.7. The van der Waals surface area contributed by atoms with Gasteiger partial charge < -0.3 is 14.6 Å². The van der Waals surface area contributed by atoms with Gasteiger partial charge in [-0.3, -0.25) is 4.79 Å². The molecule has 0 unspecified atom stereocenters. The van der Waals surface area contributed by atoms with Crippen LogP contribution in [0.15, 0.2) is 53.7 Å². The van der Waals surface area contributed by atoms with Gasteiger partial charge in [0.1, 0.15) is 5.75 Å². The lowest BCUT2D eigenvalue weighted by molar-refractivity contribution is -0.113. The van der Waals surface area contributed by atoms with Crippen LogP contribution in [0.4, 0.5) is 5.69 Å². The van der Waals surface area contributed by atoms with E-state index >= 15 is 0 Å². The van der Waals surface area contributed by atoms with E-state index < -0.39 is 0 Å². The summed E-state index contributed by atoms with van der Waals surface area (Å²) in [6, 6.07) is 15.6. The van der Waals surface area contributed by atoms with Crippen LogP contribution in [-0.2, 0) is 16.8 Å². The molecule has 0 saturated carbocycles. The van der Waals surface area contributed by atoms with Gasteiger partial charge >= 0.3 is 0 Å². The molecule has 0 radical (unpaired) electrons. The van der Waals surface area contributed by atoms with E-state index in [1.165, 1.54) is 11.8 Å². The first-order valence-corrected chi connectivity index (χ1v) is 10.9. The van der Waals surface area contributed by atoms with Crippen molar-refractivity contribution in [1.29, 1.82) is 0 Å². The van der Waals surface area contributed by atoms with Crippen LogP contribution in [0, 0.1) is 0 Å². The van der Waals surface area contributed by atoms with Gasteiger partial charge in [0.05, 0.1) is 18.4 Å². The Morgan fingerprint density at radius 3 is 2.50 bits per heavy atom. The molecule has 3 aromatic rings. The predicted molar refractivity (Wildman–Crippen MR) is 122 cm³/mol. The van der Waals surface area contributed by atoms with Crippen molar-refractivity contribution in [2.45, 2.75) is 44.8 Å². The first-order valence-electron chi connectivity index (χ1n) is 9.94. The van der Waals surface area contributed by atoms with Crippen LogP contribution < -0.4 is 10.1 Å². The third kappa shape index (κ3) is 4.84. The maximum Gasteiger partial charge on any atom is 0.234 e. The number of methoxy groups -OCH3 is 1. The standard InChI is InChI=1S/C23H28N4O2S/c1-6-27-21(16-11-7-10-14-19(16)29-5)25-26-22(27)30-15-20(28)24-18-13-9-8-12-17(18)23(2,3)4/h7-14H,6,15H2,1-5H3,(H,24,28). The summed E-state index contributed by atoms with van der Waals surface area (Å²) in [6.45, 7) is 9.13. The fourth-order valence-electron chi connectivity index (χ4n) is 3.27. The van der Waals surface area contributed by atoms with E-state index in [2.05, 4.69) is 42.4 Å². The van der Waals surface area contributed by atoms with E-state index in [-0.39, 0.29) is 17.1 Å². The minimum atomic E-state index is -0.0683. The van der Waals surface area contributed by atoms with Crippen molar-refractivity contribution in [2.75, 3.05) is 18.2 Å². The van der Waals surface area contributed by atoms with Gasteiger partial charge in [-0.05, 0) is 36.1 Å². The number of benzene rings is 2. The highest BCUT2D eigenvalue weighted by atomic mass is 32.2. The van der Waals surface area contributed by atoms with Gasteiger partial charge in [0.15, 0.2) is 11.0 Å². The van der Waals surface area contributed by atoms with Crippen LogP contribution in [-0.4, -0.2) is 33.5 Å². The molecule has 1 N–H and O–H groups in total. The molecule has 0 spiro atoms. The van der Waals surface area contributed by atoms with E-state index in [0.29, 0.717) is 11.7 Å². The lowest BCUT2D eigenvalue weighted by Crippen LogP contribution is -2.20. The summed E-state index contributed by atoms with van der Waals surface area (Å²) >= 11 is 1.38. The van der Waals surface area contributed by atoms with Gasteiger partial charge in [-0.15, -0.1) is 10.2 Å². The Morgan fingerprint density at radius 2 is 1.80 bits per heavy atom. The summed E-state index contributed by atoms with van der Waals surface area (Å²) < 4.78 is 7.46. The van der Waals surface area contributed by atoms with E-state index in [1.54, 1.807) is 7.11 Å². The quantitative estimate of drug-likeness (QED) is 0.541. The summed E-state index contributed by atoms with van der Waals surface area (Å²) in [6.07, 6.45) is 0. The number of ether oxygens (including phenoxy) is 1. The number of amides is 1. The minimum Gasteiger partial charge on any atom is -0.496 e. The summed E-state index contributed by atoms with van der Waals surface area (Å²) in [5, 5.41) is 12.4. The van der Waals surface area contributed by atoms with Crippen LogP contribution in [0.25, 0.3) is 11.4 Å². The number of carbonyl (C=O) groups is 1. The van der Waals surface area contributed by atoms with Crippen molar-refractivity contribution >= 4 is 23.4 Å². The highest BCUT2D eigenvalue weighted by molar-refractivity contribution is 7.99. The molecule has 30 heavy (non-hydrogen) atoms. The second-order valence-corrected chi connectivity index (χ2v) is 8.83. The van der Waals surface area contributed by atoms with E-state index in [4.69, 9.17) is 4.74 Å². The van der Waals surface area contributed by atoms with Crippen molar-refractivity contribution in [2.24, 2.45) is 0 Å². The zero-order valence-electron chi connectivity index (χ0n) is 18.1. The molecule has 0 fully saturated rings. The third-order valence-corrected chi connectivity index (χ3v) is 5.69. The average molecular weight is 425 g/mol. The Balaban J connectivity index is 1.74. The lowest BCUT2D eigenvalue weighted by Gasteiger charge is -2.22. The maximum absolute atomic E-state index is 12.6. The topological polar surface area (TPSA) is 69.0 Å². The molecule has 158 valence electrons. The molecular formula is C23H28N4O2S. The number of nitrogens with one attached hydrogen (secondary N) is 1. The molecule has 1 amide bonds. The molecule has 7 heteroatoms. The molecular weight excluding hydrogens is 396 g/mol. The maximum atomic E-state index is 12.6. The highest BCUT2D eigenvalue weighted by Crippen LogP contribution is 2.32. The summed E-state index contributed by atoms with van der Waals surface area (Å²) in [7, 11) is 1.64. The predicted octanol–water partition coefficient (Wildman–Crippen LogP) is 5.00. The molecule has 0 saturated heterocycles. The van der Waals surface area contributed by atoms with Gasteiger partial charge in [0, 0.05) is 12.2 Å². The van der Waals surface area contributed by atoms with Crippen LogP contribution in [0.1, 0.15) is 33.3 Å². The zero-order valence-corrected chi connectivity index (χ0v) is 18.9. The van der Waals surface area contributed by atoms with Crippen LogP contribution in [0.5, 0.6) is 5.75 Å². The SMILES string of the molecule is CCn1c(SCC(=O)Nc2ccccc2C(C)(C)C)nnc1-c1ccccc1OC. The number of carbonyl (C=O) groups excluding carboxylic acids is 1. The van der Waals surface area contributed by atoms with E-state index in [9.17, 15) is 4.79 Å². The number of hydrogen-bond donors (Lipinski definition) is 1. The Kier molecular flexibility index (Phi) is 6.82. The lowest BCUT2D eigenvalue weighted by atomic mass is 9.86. The molecule has 0 atom stereocenters. The fraction of sp³-hybridized carbons (Fsp3) is 0.348. The minimum absolute atomic E-state index is 0.0525. The van der Waals surface area contributed by atoms with E-state index in [0.717, 1.165) is 28.4 Å². The number of para-hydroxylation sites is 2. The van der Waals surface area contributed by atoms with Gasteiger partial charge in [-0.25, -0.2) is 0 Å². The molecule has 0 aliphatic carbocycles. The Morgan fingerprint density at radius 1 is 1.10 bits per heavy atom. The normalized spacial score (nSPS) is 11.4. The second kappa shape index (κ2) is 9.34. The Labute approximate surface area is 182 Å². The number of aromatic nitrogens is 3. The van der Waals surface area contributed by atoms with Gasteiger partial charge in [-0.2, -0.15) is 0 Å². The molecule has 1 heterocycles. The number of thioether (sulfide) groups is 1. The summed E-state index contributed by atoms with van der Waals surface area (Å²) in [4.78, 5) is 12.6. The molecule has 0 aliphatic heterocycles. The number of nitrogens with zero attached hydrogens (tertiary/aromatic N) is 3. The summed E-state index contributed by atoms with van der Waals surface area (Å²) in [5.74, 6) is 1.66. The fourth-order valence-corrected chi connectivity index (χ4v) is 4.07.